The Hall–Kier alpha value is -1.49. The molecule has 0 heterocycles. The molecule has 94 valence electrons. The lowest BCUT2D eigenvalue weighted by atomic mass is 10.1. The summed E-state index contributed by atoms with van der Waals surface area (Å²) in [6, 6.07) is 7.21. The van der Waals surface area contributed by atoms with Crippen LogP contribution >= 0.6 is 0 Å². The lowest BCUT2D eigenvalue weighted by Crippen LogP contribution is -2.38. The highest BCUT2D eigenvalue weighted by Gasteiger charge is 2.31. The van der Waals surface area contributed by atoms with Crippen molar-refractivity contribution in [1.29, 1.82) is 0 Å². The molecule has 0 bridgehead atoms. The van der Waals surface area contributed by atoms with Crippen molar-refractivity contribution in [2.45, 2.75) is 25.3 Å². The zero-order valence-electron chi connectivity index (χ0n) is 9.62. The van der Waals surface area contributed by atoms with Crippen LogP contribution in [0, 0.1) is 0 Å². The maximum atomic E-state index is 13.7. The van der Waals surface area contributed by atoms with Gasteiger partial charge in [0.2, 0.25) is 5.91 Å². The summed E-state index contributed by atoms with van der Waals surface area (Å²) in [6.07, 6.45) is 0.0465. The summed E-state index contributed by atoms with van der Waals surface area (Å²) in [7, 11) is 0. The largest absolute Gasteiger partial charge is 0.370 e. The first-order chi connectivity index (χ1) is 7.92. The van der Waals surface area contributed by atoms with Gasteiger partial charge in [-0.25, -0.2) is 0 Å². The van der Waals surface area contributed by atoms with E-state index in [4.69, 9.17) is 5.73 Å². The van der Waals surface area contributed by atoms with Gasteiger partial charge in [0, 0.05) is 18.0 Å². The fourth-order valence-electron chi connectivity index (χ4n) is 1.46. The van der Waals surface area contributed by atoms with Crippen LogP contribution in [0.25, 0.3) is 0 Å². The van der Waals surface area contributed by atoms with Gasteiger partial charge in [-0.15, -0.1) is 0 Å². The number of benzene rings is 1. The summed E-state index contributed by atoms with van der Waals surface area (Å²) in [5.74, 6) is -3.46. The van der Waals surface area contributed by atoms with Gasteiger partial charge in [-0.1, -0.05) is 30.3 Å². The number of primary amides is 1. The van der Waals surface area contributed by atoms with Gasteiger partial charge < -0.3 is 11.1 Å². The minimum atomic E-state index is -2.95. The highest BCUT2D eigenvalue weighted by atomic mass is 19.3. The summed E-state index contributed by atoms with van der Waals surface area (Å²) in [6.45, 7) is 1.14. The quantitative estimate of drug-likeness (QED) is 0.796. The number of hydrogen-bond acceptors (Lipinski definition) is 2. The number of nitrogens with one attached hydrogen (secondary N) is 1. The first-order valence-corrected chi connectivity index (χ1v) is 5.37. The van der Waals surface area contributed by atoms with Crippen molar-refractivity contribution in [3.8, 4) is 0 Å². The molecule has 0 fully saturated rings. The van der Waals surface area contributed by atoms with Crippen LogP contribution in [-0.4, -0.2) is 18.5 Å². The molecule has 0 aromatic heterocycles. The first kappa shape index (κ1) is 13.6. The zero-order valence-corrected chi connectivity index (χ0v) is 9.62. The summed E-state index contributed by atoms with van der Waals surface area (Å²) in [4.78, 5) is 10.6. The van der Waals surface area contributed by atoms with Gasteiger partial charge in [-0.3, -0.25) is 4.79 Å². The van der Waals surface area contributed by atoms with Gasteiger partial charge in [0.25, 0.3) is 5.92 Å². The molecule has 3 N–H and O–H groups in total. The van der Waals surface area contributed by atoms with E-state index in [9.17, 15) is 13.6 Å². The standard InChI is InChI=1S/C12H16F2N2O/c1-9(7-11(15)17)16-8-12(13,14)10-5-3-2-4-6-10/h2-6,9,16H,7-8H2,1H3,(H2,15,17). The van der Waals surface area contributed by atoms with Crippen LogP contribution in [0.4, 0.5) is 8.78 Å². The van der Waals surface area contributed by atoms with Gasteiger partial charge in [0.15, 0.2) is 0 Å². The topological polar surface area (TPSA) is 55.1 Å². The van der Waals surface area contributed by atoms with Crippen molar-refractivity contribution < 1.29 is 13.6 Å². The van der Waals surface area contributed by atoms with E-state index in [1.807, 2.05) is 0 Å². The van der Waals surface area contributed by atoms with Gasteiger partial charge in [0.1, 0.15) is 0 Å². The van der Waals surface area contributed by atoms with E-state index in [1.165, 1.54) is 12.1 Å². The Labute approximate surface area is 99.0 Å². The molecule has 0 spiro atoms. The molecule has 1 amide bonds. The van der Waals surface area contributed by atoms with Crippen molar-refractivity contribution >= 4 is 5.91 Å². The highest BCUT2D eigenvalue weighted by Crippen LogP contribution is 2.26. The maximum absolute atomic E-state index is 13.7. The number of rotatable bonds is 6. The van der Waals surface area contributed by atoms with Crippen LogP contribution in [0.3, 0.4) is 0 Å². The Bertz CT molecular complexity index is 368. The van der Waals surface area contributed by atoms with E-state index in [1.54, 1.807) is 25.1 Å². The number of halogens is 2. The Morgan fingerprint density at radius 2 is 2.00 bits per heavy atom. The third-order valence-corrected chi connectivity index (χ3v) is 2.38. The van der Waals surface area contributed by atoms with Crippen LogP contribution < -0.4 is 11.1 Å². The average Bonchev–Trinajstić information content (AvgIpc) is 2.27. The smallest absolute Gasteiger partial charge is 0.285 e. The number of alkyl halides is 2. The Kier molecular flexibility index (Phi) is 4.57. The first-order valence-electron chi connectivity index (χ1n) is 5.37. The molecule has 5 heteroatoms. The van der Waals surface area contributed by atoms with Crippen molar-refractivity contribution in [2.75, 3.05) is 6.54 Å². The molecule has 1 atom stereocenters. The van der Waals surface area contributed by atoms with Crippen LogP contribution in [0.5, 0.6) is 0 Å². The molecule has 0 aliphatic heterocycles. The second-order valence-corrected chi connectivity index (χ2v) is 4.02. The Morgan fingerprint density at radius 1 is 1.41 bits per heavy atom. The normalized spacial score (nSPS) is 13.4. The van der Waals surface area contributed by atoms with Crippen molar-refractivity contribution in [3.05, 3.63) is 35.9 Å². The minimum Gasteiger partial charge on any atom is -0.370 e. The molecule has 3 nitrogen and oxygen atoms in total. The SMILES string of the molecule is CC(CC(N)=O)NCC(F)(F)c1ccccc1. The maximum Gasteiger partial charge on any atom is 0.285 e. The predicted molar refractivity (Wildman–Crippen MR) is 61.6 cm³/mol. The molecule has 1 aromatic carbocycles. The van der Waals surface area contributed by atoms with Crippen molar-refractivity contribution in [2.24, 2.45) is 5.73 Å². The average molecular weight is 242 g/mol. The zero-order chi connectivity index (χ0) is 12.9. The molecule has 0 aliphatic rings. The highest BCUT2D eigenvalue weighted by molar-refractivity contribution is 5.74. The third kappa shape index (κ3) is 4.48. The number of carbonyl (C=O) groups excluding carboxylic acids is 1. The molecular formula is C12H16F2N2O. The third-order valence-electron chi connectivity index (χ3n) is 2.38. The molecule has 0 aliphatic carbocycles. The molecule has 1 aromatic rings. The summed E-state index contributed by atoms with van der Waals surface area (Å²) >= 11 is 0. The van der Waals surface area contributed by atoms with Gasteiger partial charge >= 0.3 is 0 Å². The van der Waals surface area contributed by atoms with Crippen LogP contribution in [0.15, 0.2) is 30.3 Å². The van der Waals surface area contributed by atoms with E-state index >= 15 is 0 Å². The fraction of sp³-hybridized carbons (Fsp3) is 0.417. The Morgan fingerprint density at radius 3 is 2.53 bits per heavy atom. The number of carbonyl (C=O) groups is 1. The minimum absolute atomic E-state index is 0.0428. The number of amides is 1. The summed E-state index contributed by atoms with van der Waals surface area (Å²) < 4.78 is 27.4. The van der Waals surface area contributed by atoms with Crippen molar-refractivity contribution in [3.63, 3.8) is 0 Å². The second kappa shape index (κ2) is 5.72. The molecule has 0 radical (unpaired) electrons. The van der Waals surface area contributed by atoms with Crippen LogP contribution in [0.1, 0.15) is 18.9 Å². The molecule has 1 rings (SSSR count). The molecular weight excluding hydrogens is 226 g/mol. The Balaban J connectivity index is 2.53. The summed E-state index contributed by atoms with van der Waals surface area (Å²) in [5, 5.41) is 2.60. The monoisotopic (exact) mass is 242 g/mol. The molecule has 17 heavy (non-hydrogen) atoms. The van der Waals surface area contributed by atoms with Crippen molar-refractivity contribution in [1.82, 2.24) is 5.32 Å². The van der Waals surface area contributed by atoms with Gasteiger partial charge in [-0.2, -0.15) is 8.78 Å². The van der Waals surface area contributed by atoms with Gasteiger partial charge in [-0.05, 0) is 6.92 Å². The van der Waals surface area contributed by atoms with Crippen LogP contribution in [0.2, 0.25) is 0 Å². The fourth-order valence-corrected chi connectivity index (χ4v) is 1.46. The van der Waals surface area contributed by atoms with E-state index < -0.39 is 18.4 Å². The number of nitrogens with two attached hydrogens (primary N) is 1. The second-order valence-electron chi connectivity index (χ2n) is 4.02. The van der Waals surface area contributed by atoms with Crippen LogP contribution in [-0.2, 0) is 10.7 Å². The van der Waals surface area contributed by atoms with E-state index in [2.05, 4.69) is 5.32 Å². The molecule has 0 saturated heterocycles. The van der Waals surface area contributed by atoms with E-state index in [0.717, 1.165) is 0 Å². The summed E-state index contributed by atoms with van der Waals surface area (Å²) in [5.41, 5.74) is 4.93. The predicted octanol–water partition coefficient (Wildman–Crippen LogP) is 1.63. The molecule has 0 saturated carbocycles. The van der Waals surface area contributed by atoms with E-state index in [0.29, 0.717) is 0 Å². The lowest BCUT2D eigenvalue weighted by molar-refractivity contribution is -0.118. The number of hydrogen-bond donors (Lipinski definition) is 2. The van der Waals surface area contributed by atoms with E-state index in [-0.39, 0.29) is 18.0 Å². The lowest BCUT2D eigenvalue weighted by Gasteiger charge is -2.20. The molecule has 1 unspecified atom stereocenters. The van der Waals surface area contributed by atoms with Gasteiger partial charge in [0.05, 0.1) is 6.54 Å².